The van der Waals surface area contributed by atoms with Crippen LogP contribution in [0.25, 0.3) is 111 Å². The Balaban J connectivity index is 1.28. The molecule has 0 atom stereocenters. The number of benzene rings is 8. The predicted octanol–water partition coefficient (Wildman–Crippen LogP) is 13.2. The number of para-hydroxylation sites is 1. The second kappa shape index (κ2) is 12.1. The number of nitrogens with zero attached hydrogens (tertiary/aromatic N) is 3. The molecule has 5 nitrogen and oxygen atoms in total. The van der Waals surface area contributed by atoms with Crippen molar-refractivity contribution in [2.45, 2.75) is 0 Å². The molecule has 5 heteroatoms. The Labute approximate surface area is 328 Å². The summed E-state index contributed by atoms with van der Waals surface area (Å²) in [5.74, 6) is 0.115. The SMILES string of the molecule is [2H]c1c([2H])c([2H])c(-c2c([2H])c([2H])c3c(oc4c5c([2H])c([2H])c([2H])c([2H])c5c(-c5nc(-c6cccc(-c7ccccc7)c6)nc(-c6cccc7oc8ccccc8c67)n5)c([2H])c43)c2[2H])c([2H])c1[2H]. The van der Waals surface area contributed by atoms with Gasteiger partial charge in [0, 0.05) is 43.6 Å². The van der Waals surface area contributed by atoms with Crippen molar-refractivity contribution in [1.29, 1.82) is 0 Å². The Morgan fingerprint density at radius 1 is 0.389 bits per heavy atom. The molecule has 3 heterocycles. The van der Waals surface area contributed by atoms with Crippen LogP contribution in [-0.4, -0.2) is 15.0 Å². The largest absolute Gasteiger partial charge is 0.456 e. The molecular formula is C49H29N3O2. The second-order valence-corrected chi connectivity index (χ2v) is 12.5. The number of rotatable bonds is 5. The van der Waals surface area contributed by atoms with Crippen LogP contribution in [0.5, 0.6) is 0 Å². The highest BCUT2D eigenvalue weighted by atomic mass is 16.3. The third kappa shape index (κ3) is 4.90. The molecule has 0 radical (unpaired) electrons. The van der Waals surface area contributed by atoms with Gasteiger partial charge in [-0.3, -0.25) is 0 Å². The first-order valence-corrected chi connectivity index (χ1v) is 17.0. The van der Waals surface area contributed by atoms with E-state index in [1.165, 1.54) is 0 Å². The first kappa shape index (κ1) is 20.0. The number of hydrogen-bond acceptors (Lipinski definition) is 5. The van der Waals surface area contributed by atoms with Crippen LogP contribution >= 0.6 is 0 Å². The molecule has 0 amide bonds. The van der Waals surface area contributed by atoms with Crippen LogP contribution in [0.4, 0.5) is 0 Å². The molecule has 0 aliphatic carbocycles. The second-order valence-electron chi connectivity index (χ2n) is 12.5. The molecule has 11 rings (SSSR count). The summed E-state index contributed by atoms with van der Waals surface area (Å²) in [5, 5.41) is 0.591. The van der Waals surface area contributed by atoms with Crippen LogP contribution in [0, 0.1) is 0 Å². The summed E-state index contributed by atoms with van der Waals surface area (Å²) in [5.41, 5.74) is 2.13. The van der Waals surface area contributed by atoms with E-state index in [4.69, 9.17) is 33.4 Å². The van der Waals surface area contributed by atoms with Gasteiger partial charge in [0.1, 0.15) is 22.3 Å². The topological polar surface area (TPSA) is 65.0 Å². The fraction of sp³-hybridized carbons (Fsp3) is 0. The highest BCUT2D eigenvalue weighted by molar-refractivity contribution is 6.19. The van der Waals surface area contributed by atoms with Crippen molar-refractivity contribution < 1.29 is 26.7 Å². The lowest BCUT2D eigenvalue weighted by Crippen LogP contribution is -2.01. The Bertz CT molecular complexity index is 3960. The van der Waals surface area contributed by atoms with Crippen LogP contribution in [0.15, 0.2) is 184 Å². The summed E-state index contributed by atoms with van der Waals surface area (Å²) in [6, 6.07) is 21.7. The zero-order valence-corrected chi connectivity index (χ0v) is 27.9. The van der Waals surface area contributed by atoms with Crippen molar-refractivity contribution in [2.75, 3.05) is 0 Å². The summed E-state index contributed by atoms with van der Waals surface area (Å²) in [6.45, 7) is 0. The zero-order chi connectivity index (χ0) is 46.9. The molecule has 54 heavy (non-hydrogen) atoms. The minimum Gasteiger partial charge on any atom is -0.456 e. The molecule has 0 aliphatic heterocycles. The van der Waals surface area contributed by atoms with Crippen LogP contribution in [0.2, 0.25) is 0 Å². The molecule has 0 spiro atoms. The van der Waals surface area contributed by atoms with E-state index in [9.17, 15) is 8.22 Å². The average Bonchev–Trinajstić information content (AvgIpc) is 3.94. The summed E-state index contributed by atoms with van der Waals surface area (Å²) < 4.78 is 128. The van der Waals surface area contributed by atoms with E-state index in [2.05, 4.69) is 0 Å². The molecule has 0 saturated carbocycles. The molecular weight excluding hydrogens is 663 g/mol. The molecule has 252 valence electrons. The smallest absolute Gasteiger partial charge is 0.164 e. The molecule has 0 fully saturated rings. The minimum atomic E-state index is -0.716. The van der Waals surface area contributed by atoms with Crippen LogP contribution in [0.1, 0.15) is 17.8 Å². The normalized spacial score (nSPS) is 15.1. The Kier molecular flexibility index (Phi) is 4.49. The van der Waals surface area contributed by atoms with Crippen LogP contribution in [-0.2, 0) is 0 Å². The van der Waals surface area contributed by atoms with Gasteiger partial charge in [-0.05, 0) is 64.0 Å². The highest BCUT2D eigenvalue weighted by Crippen LogP contribution is 2.42. The molecule has 8 aromatic carbocycles. The fourth-order valence-electron chi connectivity index (χ4n) is 6.90. The lowest BCUT2D eigenvalue weighted by molar-refractivity contribution is 0.669. The Morgan fingerprint density at radius 2 is 1.09 bits per heavy atom. The lowest BCUT2D eigenvalue weighted by Gasteiger charge is -2.12. The average molecular weight is 705 g/mol. The summed E-state index contributed by atoms with van der Waals surface area (Å²) >= 11 is 0. The van der Waals surface area contributed by atoms with Gasteiger partial charge in [-0.25, -0.2) is 15.0 Å². The first-order valence-electron chi connectivity index (χ1n) is 23.5. The monoisotopic (exact) mass is 704 g/mol. The molecule has 11 aromatic rings. The summed E-state index contributed by atoms with van der Waals surface area (Å²) in [7, 11) is 0. The van der Waals surface area contributed by atoms with Crippen molar-refractivity contribution in [3.63, 3.8) is 0 Å². The van der Waals surface area contributed by atoms with Crippen molar-refractivity contribution in [1.82, 2.24) is 15.0 Å². The quantitative estimate of drug-likeness (QED) is 0.178. The third-order valence-electron chi connectivity index (χ3n) is 9.35. The first-order chi connectivity index (χ1) is 32.2. The van der Waals surface area contributed by atoms with Gasteiger partial charge in [-0.2, -0.15) is 0 Å². The van der Waals surface area contributed by atoms with Crippen molar-refractivity contribution in [3.05, 3.63) is 176 Å². The Morgan fingerprint density at radius 3 is 1.98 bits per heavy atom. The van der Waals surface area contributed by atoms with E-state index < -0.39 is 95.3 Å². The van der Waals surface area contributed by atoms with E-state index in [1.807, 2.05) is 91.0 Å². The molecule has 0 saturated heterocycles. The zero-order valence-electron chi connectivity index (χ0n) is 40.9. The van der Waals surface area contributed by atoms with Gasteiger partial charge in [-0.15, -0.1) is 0 Å². The number of hydrogen-bond donors (Lipinski definition) is 0. The van der Waals surface area contributed by atoms with Crippen LogP contribution < -0.4 is 0 Å². The van der Waals surface area contributed by atoms with E-state index >= 15 is 0 Å². The van der Waals surface area contributed by atoms with Gasteiger partial charge in [0.2, 0.25) is 0 Å². The summed E-state index contributed by atoms with van der Waals surface area (Å²) in [6.07, 6.45) is 0. The number of aromatic nitrogens is 3. The predicted molar refractivity (Wildman–Crippen MR) is 219 cm³/mol. The van der Waals surface area contributed by atoms with Gasteiger partial charge in [0.05, 0.1) is 17.8 Å². The van der Waals surface area contributed by atoms with E-state index in [0.29, 0.717) is 27.7 Å². The maximum Gasteiger partial charge on any atom is 0.164 e. The van der Waals surface area contributed by atoms with E-state index in [1.54, 1.807) is 6.07 Å². The lowest BCUT2D eigenvalue weighted by atomic mass is 9.98. The molecule has 0 bridgehead atoms. The van der Waals surface area contributed by atoms with Gasteiger partial charge in [0.15, 0.2) is 17.5 Å². The van der Waals surface area contributed by atoms with Crippen molar-refractivity contribution in [3.8, 4) is 56.4 Å². The van der Waals surface area contributed by atoms with Gasteiger partial charge < -0.3 is 8.83 Å². The fourth-order valence-corrected chi connectivity index (χ4v) is 6.90. The third-order valence-corrected chi connectivity index (χ3v) is 9.35. The molecule has 0 unspecified atom stereocenters. The number of fused-ring (bicyclic) bond motifs is 8. The molecule has 0 N–H and O–H groups in total. The van der Waals surface area contributed by atoms with Gasteiger partial charge in [-0.1, -0.05) is 139 Å². The Hall–Kier alpha value is -7.37. The number of furan rings is 2. The maximum absolute atomic E-state index is 10.00. The maximum atomic E-state index is 10.00. The summed E-state index contributed by atoms with van der Waals surface area (Å²) in [4.78, 5) is 15.0. The van der Waals surface area contributed by atoms with Gasteiger partial charge >= 0.3 is 0 Å². The molecule has 3 aromatic heterocycles. The van der Waals surface area contributed by atoms with E-state index in [0.717, 1.165) is 16.5 Å². The van der Waals surface area contributed by atoms with Crippen LogP contribution in [0.3, 0.4) is 0 Å². The standard InChI is InChI=1S/C49H29N3O2/c1-3-13-30(14-4-1)32-17-11-18-34(27-32)47-50-48(39-22-12-24-43-45(39)38-21-9-10-23-42(38)53-43)52-49(51-47)41-29-40-36-26-25-33(31-15-5-2-6-16-31)28-44(36)54-46(40)37-20-8-7-19-35(37)41/h1-29H/i2D,5D,6D,7D,8D,15D,16D,19D,20D,25D,26D,28D,29D. The van der Waals surface area contributed by atoms with E-state index in [-0.39, 0.29) is 50.2 Å². The minimum absolute atomic E-state index is 0.138. The highest BCUT2D eigenvalue weighted by Gasteiger charge is 2.21. The van der Waals surface area contributed by atoms with Gasteiger partial charge in [0.25, 0.3) is 0 Å². The van der Waals surface area contributed by atoms with Crippen molar-refractivity contribution in [2.24, 2.45) is 0 Å². The molecule has 0 aliphatic rings. The van der Waals surface area contributed by atoms with Crippen molar-refractivity contribution >= 4 is 54.6 Å².